The van der Waals surface area contributed by atoms with Crippen LogP contribution in [0.2, 0.25) is 10.0 Å². The van der Waals surface area contributed by atoms with E-state index in [1.165, 1.54) is 19.3 Å². The van der Waals surface area contributed by atoms with Crippen LogP contribution in [0.1, 0.15) is 44.2 Å². The molecule has 1 unspecified atom stereocenters. The summed E-state index contributed by atoms with van der Waals surface area (Å²) >= 11 is 12.4. The first kappa shape index (κ1) is 15.6. The van der Waals surface area contributed by atoms with Gasteiger partial charge in [0, 0.05) is 17.1 Å². The fourth-order valence-corrected chi connectivity index (χ4v) is 2.56. The molecule has 0 radical (unpaired) electrons. The fraction of sp³-hybridized carbons (Fsp3) is 0.571. The lowest BCUT2D eigenvalue weighted by molar-refractivity contribution is 0.414. The molecular formula is C14H21Cl2NO. The molecular weight excluding hydrogens is 269 g/mol. The van der Waals surface area contributed by atoms with Crippen LogP contribution in [-0.4, -0.2) is 14.2 Å². The Hall–Kier alpha value is -0.440. The maximum absolute atomic E-state index is 6.29. The number of hydrogen-bond acceptors (Lipinski definition) is 2. The molecule has 0 aliphatic rings. The van der Waals surface area contributed by atoms with Crippen molar-refractivity contribution in [1.29, 1.82) is 0 Å². The minimum absolute atomic E-state index is 0.243. The molecule has 0 saturated carbocycles. The number of halogens is 2. The van der Waals surface area contributed by atoms with Gasteiger partial charge in [-0.3, -0.25) is 0 Å². The maximum atomic E-state index is 6.29. The van der Waals surface area contributed by atoms with Crippen LogP contribution in [0.5, 0.6) is 5.75 Å². The second-order valence-corrected chi connectivity index (χ2v) is 5.16. The highest BCUT2D eigenvalue weighted by molar-refractivity contribution is 6.34. The van der Waals surface area contributed by atoms with E-state index in [0.29, 0.717) is 15.8 Å². The van der Waals surface area contributed by atoms with Crippen LogP contribution in [0.4, 0.5) is 0 Å². The summed E-state index contributed by atoms with van der Waals surface area (Å²) in [5.41, 5.74) is 1.04. The van der Waals surface area contributed by atoms with E-state index in [-0.39, 0.29) is 6.04 Å². The molecule has 2 nitrogen and oxygen atoms in total. The van der Waals surface area contributed by atoms with Crippen molar-refractivity contribution < 1.29 is 4.74 Å². The summed E-state index contributed by atoms with van der Waals surface area (Å²) in [6.07, 6.45) is 4.70. The van der Waals surface area contributed by atoms with Crippen LogP contribution in [0.15, 0.2) is 12.1 Å². The monoisotopic (exact) mass is 289 g/mol. The molecule has 0 aliphatic heterocycles. The molecule has 0 aromatic heterocycles. The summed E-state index contributed by atoms with van der Waals surface area (Å²) in [4.78, 5) is 0. The van der Waals surface area contributed by atoms with E-state index in [2.05, 4.69) is 12.2 Å². The average molecular weight is 290 g/mol. The van der Waals surface area contributed by atoms with Crippen LogP contribution in [0, 0.1) is 0 Å². The van der Waals surface area contributed by atoms with Crippen LogP contribution in [0.25, 0.3) is 0 Å². The summed E-state index contributed by atoms with van der Waals surface area (Å²) in [5.74, 6) is 0.619. The summed E-state index contributed by atoms with van der Waals surface area (Å²) in [6, 6.07) is 3.92. The van der Waals surface area contributed by atoms with E-state index in [0.717, 1.165) is 12.0 Å². The molecule has 1 atom stereocenters. The third-order valence-electron chi connectivity index (χ3n) is 3.09. The smallest absolute Gasteiger partial charge is 0.138 e. The number of ether oxygens (including phenoxy) is 1. The molecule has 18 heavy (non-hydrogen) atoms. The highest BCUT2D eigenvalue weighted by atomic mass is 35.5. The lowest BCUT2D eigenvalue weighted by Gasteiger charge is -2.19. The minimum Gasteiger partial charge on any atom is -0.495 e. The van der Waals surface area contributed by atoms with Gasteiger partial charge in [0.2, 0.25) is 0 Å². The topological polar surface area (TPSA) is 21.3 Å². The van der Waals surface area contributed by atoms with Gasteiger partial charge in [0.05, 0.1) is 12.1 Å². The third-order valence-corrected chi connectivity index (χ3v) is 3.71. The number of rotatable bonds is 7. The van der Waals surface area contributed by atoms with Crippen molar-refractivity contribution in [2.24, 2.45) is 0 Å². The zero-order valence-electron chi connectivity index (χ0n) is 11.2. The van der Waals surface area contributed by atoms with Crippen molar-refractivity contribution in [3.63, 3.8) is 0 Å². The molecule has 1 aromatic rings. The zero-order valence-corrected chi connectivity index (χ0v) is 12.7. The standard InChI is InChI=1S/C14H21Cl2NO/c1-4-5-6-7-13(17-2)10-8-12(16)14(18-3)9-11(10)15/h8-9,13,17H,4-7H2,1-3H3. The van der Waals surface area contributed by atoms with E-state index >= 15 is 0 Å². The largest absolute Gasteiger partial charge is 0.495 e. The van der Waals surface area contributed by atoms with Crippen molar-refractivity contribution in [2.75, 3.05) is 14.2 Å². The van der Waals surface area contributed by atoms with Crippen molar-refractivity contribution in [2.45, 2.75) is 38.6 Å². The van der Waals surface area contributed by atoms with Crippen LogP contribution >= 0.6 is 23.2 Å². The Morgan fingerprint density at radius 1 is 1.22 bits per heavy atom. The SMILES string of the molecule is CCCCCC(NC)c1cc(Cl)c(OC)cc1Cl. The van der Waals surface area contributed by atoms with Crippen LogP contribution in [0.3, 0.4) is 0 Å². The summed E-state index contributed by atoms with van der Waals surface area (Å²) in [5, 5.41) is 4.60. The van der Waals surface area contributed by atoms with E-state index in [4.69, 9.17) is 27.9 Å². The Morgan fingerprint density at radius 3 is 2.50 bits per heavy atom. The van der Waals surface area contributed by atoms with Crippen molar-refractivity contribution in [3.05, 3.63) is 27.7 Å². The maximum Gasteiger partial charge on any atom is 0.138 e. The second-order valence-electron chi connectivity index (χ2n) is 4.35. The molecule has 0 fully saturated rings. The van der Waals surface area contributed by atoms with E-state index in [9.17, 15) is 0 Å². The molecule has 1 N–H and O–H groups in total. The molecule has 0 amide bonds. The fourth-order valence-electron chi connectivity index (χ4n) is 2.02. The molecule has 0 spiro atoms. The summed E-state index contributed by atoms with van der Waals surface area (Å²) < 4.78 is 5.16. The molecule has 1 aromatic carbocycles. The van der Waals surface area contributed by atoms with Crippen molar-refractivity contribution >= 4 is 23.2 Å². The Labute approximate surface area is 120 Å². The number of unbranched alkanes of at least 4 members (excludes halogenated alkanes) is 2. The van der Waals surface area contributed by atoms with Crippen molar-refractivity contribution in [1.82, 2.24) is 5.32 Å². The van der Waals surface area contributed by atoms with Gasteiger partial charge in [0.25, 0.3) is 0 Å². The summed E-state index contributed by atoms with van der Waals surface area (Å²) in [6.45, 7) is 2.20. The Bertz CT molecular complexity index is 382. The van der Waals surface area contributed by atoms with Gasteiger partial charge in [-0.25, -0.2) is 0 Å². The number of hydrogen-bond donors (Lipinski definition) is 1. The second kappa shape index (κ2) is 7.88. The van der Waals surface area contributed by atoms with E-state index < -0.39 is 0 Å². The first-order valence-electron chi connectivity index (χ1n) is 6.34. The predicted molar refractivity (Wildman–Crippen MR) is 79.0 cm³/mol. The predicted octanol–water partition coefficient (Wildman–Crippen LogP) is 4.84. The molecule has 0 heterocycles. The minimum atomic E-state index is 0.243. The normalized spacial score (nSPS) is 12.5. The van der Waals surface area contributed by atoms with Gasteiger partial charge >= 0.3 is 0 Å². The van der Waals surface area contributed by atoms with Crippen LogP contribution in [-0.2, 0) is 0 Å². The van der Waals surface area contributed by atoms with Gasteiger partial charge in [0.15, 0.2) is 0 Å². The van der Waals surface area contributed by atoms with Crippen LogP contribution < -0.4 is 10.1 Å². The van der Waals surface area contributed by atoms with Gasteiger partial charge < -0.3 is 10.1 Å². The highest BCUT2D eigenvalue weighted by Gasteiger charge is 2.15. The van der Waals surface area contributed by atoms with Gasteiger partial charge in [0.1, 0.15) is 5.75 Å². The Morgan fingerprint density at radius 2 is 1.94 bits per heavy atom. The lowest BCUT2D eigenvalue weighted by atomic mass is 10.0. The molecule has 102 valence electrons. The summed E-state index contributed by atoms with van der Waals surface area (Å²) in [7, 11) is 3.54. The highest BCUT2D eigenvalue weighted by Crippen LogP contribution is 2.35. The van der Waals surface area contributed by atoms with Gasteiger partial charge in [-0.2, -0.15) is 0 Å². The molecule has 4 heteroatoms. The Balaban J connectivity index is 2.88. The molecule has 0 saturated heterocycles. The molecule has 0 aliphatic carbocycles. The van der Waals surface area contributed by atoms with Gasteiger partial charge in [-0.05, 0) is 25.1 Å². The third kappa shape index (κ3) is 4.04. The first-order chi connectivity index (χ1) is 8.63. The average Bonchev–Trinajstić information content (AvgIpc) is 2.37. The zero-order chi connectivity index (χ0) is 13.5. The number of methoxy groups -OCH3 is 1. The lowest BCUT2D eigenvalue weighted by Crippen LogP contribution is -2.16. The van der Waals surface area contributed by atoms with E-state index in [1.54, 1.807) is 13.2 Å². The van der Waals surface area contributed by atoms with E-state index in [1.807, 2.05) is 13.1 Å². The molecule has 1 rings (SSSR count). The first-order valence-corrected chi connectivity index (χ1v) is 7.09. The van der Waals surface area contributed by atoms with Gasteiger partial charge in [-0.15, -0.1) is 0 Å². The van der Waals surface area contributed by atoms with Gasteiger partial charge in [-0.1, -0.05) is 49.4 Å². The molecule has 0 bridgehead atoms. The number of nitrogens with one attached hydrogen (secondary N) is 1. The van der Waals surface area contributed by atoms with Crippen molar-refractivity contribution in [3.8, 4) is 5.75 Å². The number of benzene rings is 1. The Kier molecular flexibility index (Phi) is 6.83. The quantitative estimate of drug-likeness (QED) is 0.725.